The van der Waals surface area contributed by atoms with Gasteiger partial charge in [-0.15, -0.1) is 0 Å². The SMILES string of the molecule is CSCCC(NC(=O)C(Cc1cnc[nH]1)NC(=O)C(CCC(N)=O)NC(=O)C(C)N)C(=O)O. The molecule has 0 aliphatic rings. The number of hydrogen-bond donors (Lipinski definition) is 7. The van der Waals surface area contributed by atoms with E-state index in [9.17, 15) is 29.1 Å². The highest BCUT2D eigenvalue weighted by Crippen LogP contribution is 2.06. The summed E-state index contributed by atoms with van der Waals surface area (Å²) in [6.45, 7) is 1.42. The molecule has 4 atom stereocenters. The second kappa shape index (κ2) is 14.1. The minimum atomic E-state index is -1.20. The average molecular weight is 486 g/mol. The summed E-state index contributed by atoms with van der Waals surface area (Å²) < 4.78 is 0. The number of amides is 4. The third kappa shape index (κ3) is 10.4. The number of primary amides is 1. The van der Waals surface area contributed by atoms with Crippen molar-refractivity contribution in [2.45, 2.75) is 56.8 Å². The second-order valence-electron chi connectivity index (χ2n) is 7.38. The predicted molar refractivity (Wildman–Crippen MR) is 121 cm³/mol. The van der Waals surface area contributed by atoms with Gasteiger partial charge in [0.1, 0.15) is 18.1 Å². The number of aromatic amines is 1. The van der Waals surface area contributed by atoms with E-state index in [0.717, 1.165) is 0 Å². The summed E-state index contributed by atoms with van der Waals surface area (Å²) in [5.74, 6) is -3.47. The monoisotopic (exact) mass is 485 g/mol. The van der Waals surface area contributed by atoms with Crippen LogP contribution < -0.4 is 27.4 Å². The topological polar surface area (TPSA) is 222 Å². The van der Waals surface area contributed by atoms with Crippen molar-refractivity contribution in [3.05, 3.63) is 18.2 Å². The molecule has 0 aromatic carbocycles. The van der Waals surface area contributed by atoms with Gasteiger partial charge in [-0.2, -0.15) is 11.8 Å². The van der Waals surface area contributed by atoms with Crippen LogP contribution in [-0.4, -0.2) is 80.8 Å². The van der Waals surface area contributed by atoms with Crippen LogP contribution >= 0.6 is 11.8 Å². The quantitative estimate of drug-likeness (QED) is 0.144. The van der Waals surface area contributed by atoms with Crippen molar-refractivity contribution < 1.29 is 29.1 Å². The third-order valence-corrected chi connectivity index (χ3v) is 5.21. The van der Waals surface area contributed by atoms with Gasteiger partial charge in [-0.25, -0.2) is 9.78 Å². The molecule has 0 fully saturated rings. The molecule has 1 rings (SSSR count). The number of hydrogen-bond acceptors (Lipinski definition) is 8. The van der Waals surface area contributed by atoms with E-state index in [1.165, 1.54) is 31.2 Å². The molecule has 9 N–H and O–H groups in total. The Labute approximate surface area is 195 Å². The number of thioether (sulfide) groups is 1. The molecule has 1 aromatic rings. The van der Waals surface area contributed by atoms with Crippen LogP contribution in [0.4, 0.5) is 0 Å². The van der Waals surface area contributed by atoms with Crippen LogP contribution in [0.3, 0.4) is 0 Å². The summed E-state index contributed by atoms with van der Waals surface area (Å²) in [6, 6.07) is -4.42. The van der Waals surface area contributed by atoms with Crippen LogP contribution in [0.5, 0.6) is 0 Å². The average Bonchev–Trinajstić information content (AvgIpc) is 3.25. The number of carbonyl (C=O) groups is 5. The fraction of sp³-hybridized carbons (Fsp3) is 0.579. The lowest BCUT2D eigenvalue weighted by molar-refractivity contribution is -0.142. The van der Waals surface area contributed by atoms with Gasteiger partial charge in [0.2, 0.25) is 23.6 Å². The Kier molecular flexibility index (Phi) is 11.9. The van der Waals surface area contributed by atoms with Gasteiger partial charge in [0.15, 0.2) is 0 Å². The minimum absolute atomic E-state index is 0.0176. The molecule has 0 bridgehead atoms. The van der Waals surface area contributed by atoms with E-state index >= 15 is 0 Å². The van der Waals surface area contributed by atoms with Gasteiger partial charge in [0.05, 0.1) is 12.4 Å². The van der Waals surface area contributed by atoms with E-state index in [4.69, 9.17) is 11.5 Å². The third-order valence-electron chi connectivity index (χ3n) is 4.56. The zero-order chi connectivity index (χ0) is 25.0. The molecule has 0 aliphatic carbocycles. The number of imidazole rings is 1. The van der Waals surface area contributed by atoms with Crippen molar-refractivity contribution in [2.75, 3.05) is 12.0 Å². The van der Waals surface area contributed by atoms with Crippen molar-refractivity contribution in [3.63, 3.8) is 0 Å². The summed E-state index contributed by atoms with van der Waals surface area (Å²) >= 11 is 1.43. The molecule has 0 radical (unpaired) electrons. The molecule has 1 aromatic heterocycles. The molecule has 0 spiro atoms. The molecule has 0 saturated carbocycles. The van der Waals surface area contributed by atoms with Crippen LogP contribution in [0.25, 0.3) is 0 Å². The van der Waals surface area contributed by atoms with Crippen molar-refractivity contribution in [1.29, 1.82) is 0 Å². The Morgan fingerprint density at radius 2 is 1.67 bits per heavy atom. The molecule has 13 nitrogen and oxygen atoms in total. The van der Waals surface area contributed by atoms with Gasteiger partial charge in [0, 0.05) is 24.7 Å². The number of carboxylic acid groups (broad SMARTS) is 1. The van der Waals surface area contributed by atoms with Crippen molar-refractivity contribution in [1.82, 2.24) is 25.9 Å². The Hall–Kier alpha value is -3.13. The van der Waals surface area contributed by atoms with E-state index in [1.54, 1.807) is 0 Å². The fourth-order valence-electron chi connectivity index (χ4n) is 2.72. The minimum Gasteiger partial charge on any atom is -0.480 e. The highest BCUT2D eigenvalue weighted by molar-refractivity contribution is 7.98. The maximum absolute atomic E-state index is 12.9. The second-order valence-corrected chi connectivity index (χ2v) is 8.36. The number of carboxylic acids is 1. The lowest BCUT2D eigenvalue weighted by atomic mass is 10.1. The summed E-state index contributed by atoms with van der Waals surface area (Å²) in [6.07, 6.45) is 4.54. The lowest BCUT2D eigenvalue weighted by Gasteiger charge is -2.24. The van der Waals surface area contributed by atoms with E-state index in [0.29, 0.717) is 11.4 Å². The summed E-state index contributed by atoms with van der Waals surface area (Å²) in [5.41, 5.74) is 11.2. The van der Waals surface area contributed by atoms with Gasteiger partial charge in [-0.3, -0.25) is 19.2 Å². The van der Waals surface area contributed by atoms with Crippen molar-refractivity contribution in [2.24, 2.45) is 11.5 Å². The van der Waals surface area contributed by atoms with Gasteiger partial charge >= 0.3 is 5.97 Å². The maximum atomic E-state index is 12.9. The Morgan fingerprint density at radius 3 is 2.18 bits per heavy atom. The maximum Gasteiger partial charge on any atom is 0.326 e. The zero-order valence-corrected chi connectivity index (χ0v) is 19.3. The number of aromatic nitrogens is 2. The Morgan fingerprint density at radius 1 is 1.06 bits per heavy atom. The number of rotatable bonds is 15. The molecule has 33 heavy (non-hydrogen) atoms. The van der Waals surface area contributed by atoms with Crippen molar-refractivity contribution >= 4 is 41.4 Å². The fourth-order valence-corrected chi connectivity index (χ4v) is 3.19. The van der Waals surface area contributed by atoms with Crippen LogP contribution in [0.1, 0.15) is 31.9 Å². The van der Waals surface area contributed by atoms with Gasteiger partial charge in [-0.1, -0.05) is 0 Å². The Balaban J connectivity index is 3.03. The van der Waals surface area contributed by atoms with E-state index in [-0.39, 0.29) is 25.7 Å². The van der Waals surface area contributed by atoms with E-state index < -0.39 is 53.8 Å². The van der Waals surface area contributed by atoms with Crippen LogP contribution in [0, 0.1) is 0 Å². The molecule has 0 aliphatic heterocycles. The van der Waals surface area contributed by atoms with Crippen molar-refractivity contribution in [3.8, 4) is 0 Å². The lowest BCUT2D eigenvalue weighted by Crippen LogP contribution is -2.57. The molecule has 4 unspecified atom stereocenters. The molecule has 14 heteroatoms. The standard InChI is InChI=1S/C19H31N7O6S/c1-10(20)16(28)24-12(3-4-15(21)27)17(29)26-14(7-11-8-22-9-23-11)18(30)25-13(19(31)32)5-6-33-2/h8-10,12-14H,3-7,20H2,1-2H3,(H2,21,27)(H,22,23)(H,24,28)(H,25,30)(H,26,29)(H,31,32). The highest BCUT2D eigenvalue weighted by Gasteiger charge is 2.30. The number of nitrogens with zero attached hydrogens (tertiary/aromatic N) is 1. The van der Waals surface area contributed by atoms with Crippen LogP contribution in [-0.2, 0) is 30.4 Å². The molecule has 184 valence electrons. The summed E-state index contributed by atoms with van der Waals surface area (Å²) in [7, 11) is 0. The smallest absolute Gasteiger partial charge is 0.326 e. The van der Waals surface area contributed by atoms with Gasteiger partial charge in [0.25, 0.3) is 0 Å². The van der Waals surface area contributed by atoms with Gasteiger partial charge in [-0.05, 0) is 31.8 Å². The number of aliphatic carboxylic acids is 1. The number of H-pyrrole nitrogens is 1. The predicted octanol–water partition coefficient (Wildman–Crippen LogP) is -2.14. The summed E-state index contributed by atoms with van der Waals surface area (Å²) in [4.78, 5) is 67.2. The number of nitrogens with one attached hydrogen (secondary N) is 4. The first-order chi connectivity index (χ1) is 15.5. The molecule has 1 heterocycles. The van der Waals surface area contributed by atoms with E-state index in [1.807, 2.05) is 6.26 Å². The molecular formula is C19H31N7O6S. The first kappa shape index (κ1) is 27.9. The normalized spacial score (nSPS) is 14.4. The van der Waals surface area contributed by atoms with Crippen LogP contribution in [0.15, 0.2) is 12.5 Å². The van der Waals surface area contributed by atoms with E-state index in [2.05, 4.69) is 25.9 Å². The molecule has 4 amide bonds. The number of carbonyl (C=O) groups excluding carboxylic acids is 4. The first-order valence-electron chi connectivity index (χ1n) is 10.2. The zero-order valence-electron chi connectivity index (χ0n) is 18.5. The molecular weight excluding hydrogens is 454 g/mol. The number of nitrogens with two attached hydrogens (primary N) is 2. The highest BCUT2D eigenvalue weighted by atomic mass is 32.2. The Bertz CT molecular complexity index is 818. The first-order valence-corrected chi connectivity index (χ1v) is 11.6. The van der Waals surface area contributed by atoms with Gasteiger partial charge < -0.3 is 37.5 Å². The molecule has 0 saturated heterocycles. The van der Waals surface area contributed by atoms with Crippen LogP contribution in [0.2, 0.25) is 0 Å². The summed E-state index contributed by atoms with van der Waals surface area (Å²) in [5, 5.41) is 16.8. The largest absolute Gasteiger partial charge is 0.480 e.